The molecule has 0 spiro atoms. The van der Waals surface area contributed by atoms with Gasteiger partial charge >= 0.3 is 0 Å². The van der Waals surface area contributed by atoms with E-state index in [1.165, 1.54) is 13.2 Å². The number of hydrogen-bond donors (Lipinski definition) is 0. The van der Waals surface area contributed by atoms with E-state index in [1.807, 2.05) is 54.8 Å². The zero-order chi connectivity index (χ0) is 23.5. The topological polar surface area (TPSA) is 61.2 Å². The lowest BCUT2D eigenvalue weighted by molar-refractivity contribution is -0.120. The third-order valence-corrected chi connectivity index (χ3v) is 5.48. The fourth-order valence-corrected chi connectivity index (χ4v) is 3.97. The number of nitrogens with zero attached hydrogens (tertiary/aromatic N) is 2. The summed E-state index contributed by atoms with van der Waals surface area (Å²) in [4.78, 5) is 28.8. The summed E-state index contributed by atoms with van der Waals surface area (Å²) in [6.07, 6.45) is 1.27. The van der Waals surface area contributed by atoms with Crippen LogP contribution in [0.2, 0.25) is 0 Å². The number of carbonyl (C=O) groups excluding carboxylic acids is 2. The SMILES string of the molecule is COc1cc(-c2nc3ccc(-c4cccc(C=O)c4)cc3n2CC(=O)CC(C)C)ccc1F. The Balaban J connectivity index is 1.88. The molecule has 0 radical (unpaired) electrons. The number of Topliss-reactive ketones (excluding diaryl/α,β-unsaturated/α-hetero) is 1. The Bertz CT molecular complexity index is 1340. The van der Waals surface area contributed by atoms with Crippen LogP contribution in [0, 0.1) is 11.7 Å². The van der Waals surface area contributed by atoms with Crippen molar-refractivity contribution < 1.29 is 18.7 Å². The van der Waals surface area contributed by atoms with E-state index in [0.29, 0.717) is 23.4 Å². The van der Waals surface area contributed by atoms with Crippen LogP contribution in [-0.4, -0.2) is 28.7 Å². The largest absolute Gasteiger partial charge is 0.494 e. The number of ketones is 1. The highest BCUT2D eigenvalue weighted by molar-refractivity contribution is 5.89. The predicted molar refractivity (Wildman–Crippen MR) is 127 cm³/mol. The average Bonchev–Trinajstić information content (AvgIpc) is 3.16. The number of imidazole rings is 1. The fraction of sp³-hybridized carbons (Fsp3) is 0.222. The van der Waals surface area contributed by atoms with Crippen LogP contribution in [-0.2, 0) is 11.3 Å². The van der Waals surface area contributed by atoms with Crippen molar-refractivity contribution in [2.75, 3.05) is 7.11 Å². The van der Waals surface area contributed by atoms with Crippen molar-refractivity contribution in [1.82, 2.24) is 9.55 Å². The summed E-state index contributed by atoms with van der Waals surface area (Å²) >= 11 is 0. The van der Waals surface area contributed by atoms with Crippen molar-refractivity contribution >= 4 is 23.1 Å². The summed E-state index contributed by atoms with van der Waals surface area (Å²) in [5.41, 5.74) is 4.57. The minimum Gasteiger partial charge on any atom is -0.494 e. The number of benzene rings is 3. The fourth-order valence-electron chi connectivity index (χ4n) is 3.97. The highest BCUT2D eigenvalue weighted by atomic mass is 19.1. The molecule has 0 aliphatic carbocycles. The molecule has 3 aromatic carbocycles. The highest BCUT2D eigenvalue weighted by Crippen LogP contribution is 2.32. The van der Waals surface area contributed by atoms with E-state index >= 15 is 0 Å². The quantitative estimate of drug-likeness (QED) is 0.315. The van der Waals surface area contributed by atoms with Crippen LogP contribution in [0.1, 0.15) is 30.6 Å². The second-order valence-corrected chi connectivity index (χ2v) is 8.45. The maximum Gasteiger partial charge on any atom is 0.165 e. The van der Waals surface area contributed by atoms with Gasteiger partial charge in [0, 0.05) is 17.5 Å². The lowest BCUT2D eigenvalue weighted by atomic mass is 10.0. The lowest BCUT2D eigenvalue weighted by Gasteiger charge is -2.12. The van der Waals surface area contributed by atoms with Crippen molar-refractivity contribution in [2.45, 2.75) is 26.8 Å². The van der Waals surface area contributed by atoms with Gasteiger partial charge in [0.2, 0.25) is 0 Å². The van der Waals surface area contributed by atoms with Crippen molar-refractivity contribution in [3.8, 4) is 28.3 Å². The first-order valence-electron chi connectivity index (χ1n) is 10.8. The summed E-state index contributed by atoms with van der Waals surface area (Å²) in [5.74, 6) is 0.554. The molecular formula is C27H25FN2O3. The molecule has 0 saturated carbocycles. The van der Waals surface area contributed by atoms with Crippen molar-refractivity contribution in [2.24, 2.45) is 5.92 Å². The zero-order valence-corrected chi connectivity index (χ0v) is 18.8. The molecule has 4 aromatic rings. The second-order valence-electron chi connectivity index (χ2n) is 8.45. The molecule has 0 amide bonds. The number of fused-ring (bicyclic) bond motifs is 1. The molecular weight excluding hydrogens is 419 g/mol. The van der Waals surface area contributed by atoms with E-state index in [4.69, 9.17) is 9.72 Å². The van der Waals surface area contributed by atoms with Gasteiger partial charge < -0.3 is 9.30 Å². The second kappa shape index (κ2) is 9.36. The molecule has 0 atom stereocenters. The molecule has 0 N–H and O–H groups in total. The molecule has 5 nitrogen and oxygen atoms in total. The molecule has 33 heavy (non-hydrogen) atoms. The van der Waals surface area contributed by atoms with Gasteiger partial charge in [-0.15, -0.1) is 0 Å². The number of aldehydes is 1. The lowest BCUT2D eigenvalue weighted by Crippen LogP contribution is -2.13. The Morgan fingerprint density at radius 2 is 1.82 bits per heavy atom. The Labute approximate surface area is 191 Å². The number of rotatable bonds is 8. The number of halogens is 1. The molecule has 4 rings (SSSR count). The number of ether oxygens (including phenoxy) is 1. The van der Waals surface area contributed by atoms with Gasteiger partial charge in [0.15, 0.2) is 17.3 Å². The molecule has 0 aliphatic rings. The summed E-state index contributed by atoms with van der Waals surface area (Å²) in [6, 6.07) is 17.7. The number of aromatic nitrogens is 2. The first-order chi connectivity index (χ1) is 15.9. The van der Waals surface area contributed by atoms with Crippen molar-refractivity contribution in [3.05, 3.63) is 72.0 Å². The number of methoxy groups -OCH3 is 1. The van der Waals surface area contributed by atoms with Crippen molar-refractivity contribution in [3.63, 3.8) is 0 Å². The molecule has 0 bridgehead atoms. The first-order valence-corrected chi connectivity index (χ1v) is 10.8. The smallest absolute Gasteiger partial charge is 0.165 e. The maximum atomic E-state index is 14.0. The Morgan fingerprint density at radius 3 is 2.55 bits per heavy atom. The van der Waals surface area contributed by atoms with E-state index < -0.39 is 5.82 Å². The van der Waals surface area contributed by atoms with Gasteiger partial charge in [-0.3, -0.25) is 9.59 Å². The summed E-state index contributed by atoms with van der Waals surface area (Å²) in [6.45, 7) is 4.17. The molecule has 168 valence electrons. The Kier molecular flexibility index (Phi) is 6.36. The van der Waals surface area contributed by atoms with Gasteiger partial charge in [0.1, 0.15) is 12.1 Å². The highest BCUT2D eigenvalue weighted by Gasteiger charge is 2.18. The number of hydrogen-bond acceptors (Lipinski definition) is 4. The van der Waals surface area contributed by atoms with Gasteiger partial charge in [0.25, 0.3) is 0 Å². The Morgan fingerprint density at radius 1 is 1.06 bits per heavy atom. The molecule has 0 unspecified atom stereocenters. The van der Waals surface area contributed by atoms with Gasteiger partial charge in [-0.25, -0.2) is 9.37 Å². The van der Waals surface area contributed by atoms with E-state index in [-0.39, 0.29) is 24.0 Å². The molecule has 0 aliphatic heterocycles. The minimum absolute atomic E-state index is 0.0907. The van der Waals surface area contributed by atoms with Gasteiger partial charge in [0.05, 0.1) is 24.7 Å². The van der Waals surface area contributed by atoms with Crippen LogP contribution in [0.5, 0.6) is 5.75 Å². The Hall–Kier alpha value is -3.80. The van der Waals surface area contributed by atoms with E-state index in [2.05, 4.69) is 0 Å². The van der Waals surface area contributed by atoms with Gasteiger partial charge in [-0.05, 0) is 53.4 Å². The summed E-state index contributed by atoms with van der Waals surface area (Å²) < 4.78 is 21.0. The predicted octanol–water partition coefficient (Wildman–Crippen LogP) is 5.95. The monoisotopic (exact) mass is 444 g/mol. The first kappa shape index (κ1) is 22.4. The molecule has 1 heterocycles. The third kappa shape index (κ3) is 4.70. The normalized spacial score (nSPS) is 11.2. The van der Waals surface area contributed by atoms with Gasteiger partial charge in [-0.1, -0.05) is 38.1 Å². The van der Waals surface area contributed by atoms with Crippen molar-refractivity contribution in [1.29, 1.82) is 0 Å². The van der Waals surface area contributed by atoms with Gasteiger partial charge in [-0.2, -0.15) is 0 Å². The molecule has 0 fully saturated rings. The zero-order valence-electron chi connectivity index (χ0n) is 18.8. The molecule has 1 aromatic heterocycles. The van der Waals surface area contributed by atoms with E-state index in [0.717, 1.165) is 28.4 Å². The standard InChI is InChI=1S/C27H25FN2O3/c1-17(2)11-22(32)15-30-25-13-20(19-6-4-5-18(12-19)16-31)8-10-24(25)29-27(30)21-7-9-23(28)26(14-21)33-3/h4-10,12-14,16-17H,11,15H2,1-3H3. The summed E-state index contributed by atoms with van der Waals surface area (Å²) in [7, 11) is 1.41. The molecule has 0 saturated heterocycles. The van der Waals surface area contributed by atoms with Crippen LogP contribution >= 0.6 is 0 Å². The average molecular weight is 445 g/mol. The van der Waals surface area contributed by atoms with Crippen LogP contribution in [0.25, 0.3) is 33.5 Å². The van der Waals surface area contributed by atoms with E-state index in [9.17, 15) is 14.0 Å². The molecule has 6 heteroatoms. The maximum absolute atomic E-state index is 14.0. The third-order valence-electron chi connectivity index (χ3n) is 5.48. The minimum atomic E-state index is -0.461. The number of carbonyl (C=O) groups is 2. The van der Waals surface area contributed by atoms with Crippen LogP contribution < -0.4 is 4.74 Å². The van der Waals surface area contributed by atoms with Crippen LogP contribution in [0.4, 0.5) is 4.39 Å². The van der Waals surface area contributed by atoms with Crippen LogP contribution in [0.15, 0.2) is 60.7 Å². The summed E-state index contributed by atoms with van der Waals surface area (Å²) in [5, 5.41) is 0. The van der Waals surface area contributed by atoms with E-state index in [1.54, 1.807) is 18.2 Å². The van der Waals surface area contributed by atoms with Crippen LogP contribution in [0.3, 0.4) is 0 Å².